The first kappa shape index (κ1) is 12.9. The minimum atomic E-state index is -1.04. The largest absolute Gasteiger partial charge is 0.478 e. The second-order valence-electron chi connectivity index (χ2n) is 3.53. The van der Waals surface area contributed by atoms with Crippen LogP contribution in [0.3, 0.4) is 0 Å². The molecule has 2 aromatic rings. The van der Waals surface area contributed by atoms with Gasteiger partial charge in [-0.3, -0.25) is 4.79 Å². The number of hydrogen-bond acceptors (Lipinski definition) is 5. The highest BCUT2D eigenvalue weighted by atomic mass is 32.1. The van der Waals surface area contributed by atoms with Crippen molar-refractivity contribution >= 4 is 34.5 Å². The number of amides is 1. The van der Waals surface area contributed by atoms with Crippen molar-refractivity contribution < 1.29 is 14.7 Å². The van der Waals surface area contributed by atoms with Crippen molar-refractivity contribution in [2.75, 3.05) is 5.32 Å². The van der Waals surface area contributed by atoms with Crippen molar-refractivity contribution in [1.82, 2.24) is 9.59 Å². The van der Waals surface area contributed by atoms with Gasteiger partial charge in [-0.15, -0.1) is 5.10 Å². The molecular formula is C12H9N3O3S. The maximum atomic E-state index is 11.9. The first-order valence-electron chi connectivity index (χ1n) is 5.25. The van der Waals surface area contributed by atoms with Crippen molar-refractivity contribution in [3.63, 3.8) is 0 Å². The molecule has 7 heteroatoms. The summed E-state index contributed by atoms with van der Waals surface area (Å²) in [5.74, 6) is -1.33. The van der Waals surface area contributed by atoms with Gasteiger partial charge in [0.15, 0.2) is 0 Å². The fourth-order valence-corrected chi connectivity index (χ4v) is 1.77. The Kier molecular flexibility index (Phi) is 3.99. The van der Waals surface area contributed by atoms with Gasteiger partial charge in [0.25, 0.3) is 5.91 Å². The van der Waals surface area contributed by atoms with Gasteiger partial charge >= 0.3 is 5.97 Å². The van der Waals surface area contributed by atoms with Crippen molar-refractivity contribution in [3.8, 4) is 0 Å². The number of anilines is 1. The third-order valence-electron chi connectivity index (χ3n) is 2.17. The van der Waals surface area contributed by atoms with Gasteiger partial charge in [0, 0.05) is 23.2 Å². The molecule has 0 spiro atoms. The van der Waals surface area contributed by atoms with Gasteiger partial charge in [-0.25, -0.2) is 4.79 Å². The van der Waals surface area contributed by atoms with Crippen LogP contribution in [0.1, 0.15) is 15.9 Å². The van der Waals surface area contributed by atoms with Gasteiger partial charge in [0.2, 0.25) is 0 Å². The Labute approximate surface area is 112 Å². The molecule has 0 aliphatic rings. The molecule has 96 valence electrons. The first-order valence-corrected chi connectivity index (χ1v) is 6.02. The van der Waals surface area contributed by atoms with E-state index in [9.17, 15) is 9.59 Å². The van der Waals surface area contributed by atoms with Crippen LogP contribution in [0.15, 0.2) is 36.5 Å². The third-order valence-corrected chi connectivity index (χ3v) is 2.75. The smallest absolute Gasteiger partial charge is 0.328 e. The number of carbonyl (C=O) groups excluding carboxylic acids is 1. The number of benzene rings is 1. The highest BCUT2D eigenvalue weighted by molar-refractivity contribution is 7.10. The van der Waals surface area contributed by atoms with E-state index in [1.54, 1.807) is 24.3 Å². The molecule has 0 saturated heterocycles. The van der Waals surface area contributed by atoms with Crippen LogP contribution in [0.2, 0.25) is 0 Å². The average Bonchev–Trinajstić information content (AvgIpc) is 2.89. The van der Waals surface area contributed by atoms with Crippen LogP contribution in [-0.2, 0) is 4.79 Å². The predicted octanol–water partition coefficient (Wildman–Crippen LogP) is 1.89. The molecular weight excluding hydrogens is 266 g/mol. The summed E-state index contributed by atoms with van der Waals surface area (Å²) in [6.07, 6.45) is 3.90. The summed E-state index contributed by atoms with van der Waals surface area (Å²) >= 11 is 1.08. The number of carbonyl (C=O) groups is 2. The van der Waals surface area contributed by atoms with Crippen LogP contribution in [0.4, 0.5) is 5.00 Å². The van der Waals surface area contributed by atoms with Gasteiger partial charge in [-0.05, 0) is 23.8 Å². The maximum absolute atomic E-state index is 11.9. The van der Waals surface area contributed by atoms with Crippen molar-refractivity contribution in [3.05, 3.63) is 47.7 Å². The topological polar surface area (TPSA) is 92.2 Å². The van der Waals surface area contributed by atoms with Crippen LogP contribution in [0, 0.1) is 0 Å². The summed E-state index contributed by atoms with van der Waals surface area (Å²) in [4.78, 5) is 22.3. The normalized spacial score (nSPS) is 10.5. The van der Waals surface area contributed by atoms with Crippen molar-refractivity contribution in [2.24, 2.45) is 0 Å². The molecule has 0 saturated carbocycles. The number of nitrogens with one attached hydrogen (secondary N) is 1. The van der Waals surface area contributed by atoms with Crippen LogP contribution < -0.4 is 5.32 Å². The van der Waals surface area contributed by atoms with Crippen LogP contribution in [0.25, 0.3) is 6.08 Å². The molecule has 0 radical (unpaired) electrons. The lowest BCUT2D eigenvalue weighted by Crippen LogP contribution is -2.10. The molecule has 19 heavy (non-hydrogen) atoms. The fraction of sp³-hybridized carbons (Fsp3) is 0. The van der Waals surface area contributed by atoms with E-state index in [0.29, 0.717) is 16.1 Å². The highest BCUT2D eigenvalue weighted by Crippen LogP contribution is 2.13. The summed E-state index contributed by atoms with van der Waals surface area (Å²) < 4.78 is 3.64. The van der Waals surface area contributed by atoms with E-state index >= 15 is 0 Å². The summed E-state index contributed by atoms with van der Waals surface area (Å²) in [5, 5.41) is 15.4. The van der Waals surface area contributed by atoms with Crippen LogP contribution in [-0.4, -0.2) is 26.6 Å². The molecule has 0 atom stereocenters. The molecule has 0 fully saturated rings. The van der Waals surface area contributed by atoms with Gasteiger partial charge in [-0.2, -0.15) is 0 Å². The molecule has 2 rings (SSSR count). The SMILES string of the molecule is O=C(O)/C=C/c1cccc(C(=O)Nc2cnns2)c1. The number of aromatic nitrogens is 2. The molecule has 1 heterocycles. The van der Waals surface area contributed by atoms with E-state index in [4.69, 9.17) is 5.11 Å². The number of carboxylic acid groups (broad SMARTS) is 1. The second-order valence-corrected chi connectivity index (χ2v) is 4.32. The van der Waals surface area contributed by atoms with Crippen LogP contribution in [0.5, 0.6) is 0 Å². The zero-order valence-electron chi connectivity index (χ0n) is 9.61. The Hall–Kier alpha value is -2.54. The zero-order chi connectivity index (χ0) is 13.7. The van der Waals surface area contributed by atoms with E-state index in [0.717, 1.165) is 17.6 Å². The summed E-state index contributed by atoms with van der Waals surface area (Å²) in [7, 11) is 0. The highest BCUT2D eigenvalue weighted by Gasteiger charge is 2.07. The summed E-state index contributed by atoms with van der Waals surface area (Å²) in [6, 6.07) is 6.64. The number of carboxylic acids is 1. The molecule has 0 bridgehead atoms. The monoisotopic (exact) mass is 275 g/mol. The lowest BCUT2D eigenvalue weighted by Gasteiger charge is -2.02. The predicted molar refractivity (Wildman–Crippen MR) is 71.0 cm³/mol. The lowest BCUT2D eigenvalue weighted by atomic mass is 10.1. The quantitative estimate of drug-likeness (QED) is 0.831. The van der Waals surface area contributed by atoms with Gasteiger partial charge in [-0.1, -0.05) is 16.6 Å². The number of nitrogens with zero attached hydrogens (tertiary/aromatic N) is 2. The van der Waals surface area contributed by atoms with E-state index < -0.39 is 5.97 Å². The van der Waals surface area contributed by atoms with Crippen molar-refractivity contribution in [2.45, 2.75) is 0 Å². The molecule has 2 N–H and O–H groups in total. The van der Waals surface area contributed by atoms with E-state index in [2.05, 4.69) is 14.9 Å². The third kappa shape index (κ3) is 3.71. The average molecular weight is 275 g/mol. The number of rotatable bonds is 4. The summed E-state index contributed by atoms with van der Waals surface area (Å²) in [6.45, 7) is 0. The van der Waals surface area contributed by atoms with E-state index in [1.165, 1.54) is 12.3 Å². The summed E-state index contributed by atoms with van der Waals surface area (Å²) in [5.41, 5.74) is 1.07. The zero-order valence-corrected chi connectivity index (χ0v) is 10.4. The first-order chi connectivity index (χ1) is 9.15. The van der Waals surface area contributed by atoms with Gasteiger partial charge in [0.05, 0.1) is 6.20 Å². The minimum Gasteiger partial charge on any atom is -0.478 e. The van der Waals surface area contributed by atoms with Gasteiger partial charge in [0.1, 0.15) is 5.00 Å². The Morgan fingerprint density at radius 3 is 2.89 bits per heavy atom. The number of aliphatic carboxylic acids is 1. The van der Waals surface area contributed by atoms with Gasteiger partial charge < -0.3 is 10.4 Å². The van der Waals surface area contributed by atoms with Crippen LogP contribution >= 0.6 is 11.5 Å². The van der Waals surface area contributed by atoms with E-state index in [-0.39, 0.29) is 5.91 Å². The molecule has 1 amide bonds. The Bertz CT molecular complexity index is 623. The molecule has 0 aliphatic heterocycles. The standard InChI is InChI=1S/C12H9N3O3S/c16-11(17)5-4-8-2-1-3-9(6-8)12(18)14-10-7-13-15-19-10/h1-7H,(H,14,18)(H,16,17)/b5-4+. The Morgan fingerprint density at radius 2 is 2.21 bits per heavy atom. The Morgan fingerprint density at radius 1 is 1.37 bits per heavy atom. The minimum absolute atomic E-state index is 0.295. The second kappa shape index (κ2) is 5.87. The molecule has 6 nitrogen and oxygen atoms in total. The fourth-order valence-electron chi connectivity index (χ4n) is 1.36. The Balaban J connectivity index is 2.14. The lowest BCUT2D eigenvalue weighted by molar-refractivity contribution is -0.131. The van der Waals surface area contributed by atoms with Crippen molar-refractivity contribution in [1.29, 1.82) is 0 Å². The molecule has 0 unspecified atom stereocenters. The maximum Gasteiger partial charge on any atom is 0.328 e. The molecule has 0 aliphatic carbocycles. The molecule has 1 aromatic heterocycles. The number of hydrogen-bond donors (Lipinski definition) is 2. The molecule has 1 aromatic carbocycles. The van der Waals surface area contributed by atoms with E-state index in [1.807, 2.05) is 0 Å².